The van der Waals surface area contributed by atoms with E-state index in [1.807, 2.05) is 30.3 Å². The van der Waals surface area contributed by atoms with Crippen LogP contribution in [0.1, 0.15) is 17.5 Å². The molecule has 0 fully saturated rings. The van der Waals surface area contributed by atoms with Crippen LogP contribution in [-0.2, 0) is 13.0 Å². The first-order chi connectivity index (χ1) is 10.3. The first-order valence-electron chi connectivity index (χ1n) is 7.25. The second kappa shape index (κ2) is 5.92. The van der Waals surface area contributed by atoms with Gasteiger partial charge >= 0.3 is 0 Å². The Hall–Kier alpha value is -2.42. The highest BCUT2D eigenvalue weighted by molar-refractivity contribution is 5.80. The van der Waals surface area contributed by atoms with Crippen molar-refractivity contribution in [3.8, 4) is 0 Å². The van der Waals surface area contributed by atoms with Crippen LogP contribution in [0.25, 0.3) is 10.8 Å². The van der Waals surface area contributed by atoms with Crippen molar-refractivity contribution in [1.82, 2.24) is 9.78 Å². The highest BCUT2D eigenvalue weighted by Crippen LogP contribution is 2.10. The first-order valence-corrected chi connectivity index (χ1v) is 7.25. The predicted molar refractivity (Wildman–Crippen MR) is 85.5 cm³/mol. The van der Waals surface area contributed by atoms with Crippen LogP contribution in [-0.4, -0.2) is 9.78 Å². The topological polar surface area (TPSA) is 34.9 Å². The van der Waals surface area contributed by atoms with Crippen molar-refractivity contribution in [3.63, 3.8) is 0 Å². The molecule has 1 aromatic heterocycles. The van der Waals surface area contributed by atoms with E-state index in [-0.39, 0.29) is 5.56 Å². The van der Waals surface area contributed by atoms with E-state index in [1.165, 1.54) is 11.1 Å². The molecule has 0 spiro atoms. The lowest BCUT2D eigenvalue weighted by atomic mass is 10.0. The molecule has 0 bridgehead atoms. The predicted octanol–water partition coefficient (Wildman–Crippen LogP) is 3.34. The van der Waals surface area contributed by atoms with Crippen molar-refractivity contribution < 1.29 is 0 Å². The van der Waals surface area contributed by atoms with Gasteiger partial charge in [0.1, 0.15) is 0 Å². The zero-order valence-electron chi connectivity index (χ0n) is 12.1. The van der Waals surface area contributed by atoms with Gasteiger partial charge in [-0.25, -0.2) is 4.68 Å². The van der Waals surface area contributed by atoms with Crippen LogP contribution >= 0.6 is 0 Å². The summed E-state index contributed by atoms with van der Waals surface area (Å²) in [6, 6.07) is 16.0. The van der Waals surface area contributed by atoms with E-state index in [9.17, 15) is 4.79 Å². The maximum atomic E-state index is 12.3. The summed E-state index contributed by atoms with van der Waals surface area (Å²) in [6.07, 6.45) is 3.65. The van der Waals surface area contributed by atoms with Crippen LogP contribution in [0.15, 0.2) is 59.5 Å². The molecule has 0 atom stereocenters. The van der Waals surface area contributed by atoms with Crippen LogP contribution in [0.5, 0.6) is 0 Å². The summed E-state index contributed by atoms with van der Waals surface area (Å²) in [5.41, 5.74) is 2.64. The van der Waals surface area contributed by atoms with Crippen LogP contribution in [0.3, 0.4) is 0 Å². The monoisotopic (exact) mass is 278 g/mol. The zero-order chi connectivity index (χ0) is 14.7. The van der Waals surface area contributed by atoms with Gasteiger partial charge in [0.05, 0.1) is 11.6 Å². The normalized spacial score (nSPS) is 10.9. The third-order valence-corrected chi connectivity index (χ3v) is 3.84. The van der Waals surface area contributed by atoms with Gasteiger partial charge in [0.2, 0.25) is 0 Å². The third kappa shape index (κ3) is 2.87. The number of hydrogen-bond acceptors (Lipinski definition) is 2. The Labute approximate surface area is 123 Å². The van der Waals surface area contributed by atoms with Crippen LogP contribution < -0.4 is 5.56 Å². The molecule has 1 heterocycles. The quantitative estimate of drug-likeness (QED) is 0.733. The van der Waals surface area contributed by atoms with Crippen LogP contribution in [0.2, 0.25) is 0 Å². The molecule has 0 radical (unpaired) electrons. The number of aryl methyl sites for hydroxylation is 3. The van der Waals surface area contributed by atoms with Crippen LogP contribution in [0, 0.1) is 6.92 Å². The molecular formula is C18H18N2O. The molecule has 3 heteroatoms. The Morgan fingerprint density at radius 3 is 2.67 bits per heavy atom. The van der Waals surface area contributed by atoms with E-state index < -0.39 is 0 Å². The molecule has 0 aliphatic rings. The van der Waals surface area contributed by atoms with Gasteiger partial charge in [0, 0.05) is 11.9 Å². The molecule has 2 aromatic carbocycles. The number of aromatic nitrogens is 2. The maximum Gasteiger partial charge on any atom is 0.274 e. The molecule has 0 aliphatic carbocycles. The highest BCUT2D eigenvalue weighted by atomic mass is 16.1. The van der Waals surface area contributed by atoms with Gasteiger partial charge in [-0.15, -0.1) is 0 Å². The van der Waals surface area contributed by atoms with Gasteiger partial charge in [-0.3, -0.25) is 4.79 Å². The van der Waals surface area contributed by atoms with Gasteiger partial charge in [-0.2, -0.15) is 5.10 Å². The number of benzene rings is 2. The zero-order valence-corrected chi connectivity index (χ0v) is 12.1. The summed E-state index contributed by atoms with van der Waals surface area (Å²) < 4.78 is 1.57. The average molecular weight is 278 g/mol. The van der Waals surface area contributed by atoms with E-state index >= 15 is 0 Å². The smallest absolute Gasteiger partial charge is 0.267 e. The van der Waals surface area contributed by atoms with Gasteiger partial charge in [-0.1, -0.05) is 42.5 Å². The molecule has 0 unspecified atom stereocenters. The van der Waals surface area contributed by atoms with Crippen molar-refractivity contribution in [1.29, 1.82) is 0 Å². The molecule has 106 valence electrons. The largest absolute Gasteiger partial charge is 0.274 e. The van der Waals surface area contributed by atoms with Crippen LogP contribution in [0.4, 0.5) is 0 Å². The van der Waals surface area contributed by atoms with E-state index in [4.69, 9.17) is 0 Å². The molecular weight excluding hydrogens is 260 g/mol. The summed E-state index contributed by atoms with van der Waals surface area (Å²) in [6.45, 7) is 2.77. The second-order valence-corrected chi connectivity index (χ2v) is 5.29. The minimum atomic E-state index is -0.00196. The van der Waals surface area contributed by atoms with Crippen molar-refractivity contribution >= 4 is 10.8 Å². The van der Waals surface area contributed by atoms with Crippen molar-refractivity contribution in [2.75, 3.05) is 0 Å². The second-order valence-electron chi connectivity index (χ2n) is 5.29. The fourth-order valence-corrected chi connectivity index (χ4v) is 2.60. The summed E-state index contributed by atoms with van der Waals surface area (Å²) >= 11 is 0. The van der Waals surface area contributed by atoms with Gasteiger partial charge in [-0.05, 0) is 37.0 Å². The van der Waals surface area contributed by atoms with Crippen molar-refractivity contribution in [2.24, 2.45) is 0 Å². The van der Waals surface area contributed by atoms with Crippen molar-refractivity contribution in [2.45, 2.75) is 26.3 Å². The SMILES string of the molecule is Cc1ccccc1CCCn1ncc2ccccc2c1=O. The molecule has 0 saturated carbocycles. The molecule has 3 nitrogen and oxygen atoms in total. The Morgan fingerprint density at radius 1 is 1.05 bits per heavy atom. The average Bonchev–Trinajstić information content (AvgIpc) is 2.52. The van der Waals surface area contributed by atoms with Gasteiger partial charge < -0.3 is 0 Å². The molecule has 0 aliphatic heterocycles. The maximum absolute atomic E-state index is 12.3. The lowest BCUT2D eigenvalue weighted by Gasteiger charge is -2.07. The first kappa shape index (κ1) is 13.6. The number of rotatable bonds is 4. The molecule has 21 heavy (non-hydrogen) atoms. The third-order valence-electron chi connectivity index (χ3n) is 3.84. The molecule has 0 N–H and O–H groups in total. The lowest BCUT2D eigenvalue weighted by molar-refractivity contribution is 0.553. The molecule has 3 aromatic rings. The Balaban J connectivity index is 1.76. The Morgan fingerprint density at radius 2 is 1.81 bits per heavy atom. The fourth-order valence-electron chi connectivity index (χ4n) is 2.60. The van der Waals surface area contributed by atoms with Gasteiger partial charge in [0.15, 0.2) is 0 Å². The Bertz CT molecular complexity index is 821. The Kier molecular flexibility index (Phi) is 3.82. The fraction of sp³-hybridized carbons (Fsp3) is 0.222. The van der Waals surface area contributed by atoms with E-state index in [2.05, 4.69) is 30.2 Å². The minimum absolute atomic E-state index is 0.00196. The van der Waals surface area contributed by atoms with Crippen molar-refractivity contribution in [3.05, 3.63) is 76.2 Å². The summed E-state index contributed by atoms with van der Waals surface area (Å²) in [5, 5.41) is 5.90. The molecule has 3 rings (SSSR count). The number of fused-ring (bicyclic) bond motifs is 1. The standard InChI is InChI=1S/C18H18N2O/c1-14-7-2-3-8-15(14)10-6-12-20-18(21)17-11-5-4-9-16(17)13-19-20/h2-5,7-9,11,13H,6,10,12H2,1H3. The van der Waals surface area contributed by atoms with Gasteiger partial charge in [0.25, 0.3) is 5.56 Å². The van der Waals surface area contributed by atoms with E-state index in [1.54, 1.807) is 10.9 Å². The molecule has 0 amide bonds. The van der Waals surface area contributed by atoms with E-state index in [0.717, 1.165) is 23.6 Å². The highest BCUT2D eigenvalue weighted by Gasteiger charge is 2.04. The van der Waals surface area contributed by atoms with E-state index in [0.29, 0.717) is 6.54 Å². The number of hydrogen-bond donors (Lipinski definition) is 0. The lowest BCUT2D eigenvalue weighted by Crippen LogP contribution is -2.23. The summed E-state index contributed by atoms with van der Waals surface area (Å²) in [4.78, 5) is 12.3. The summed E-state index contributed by atoms with van der Waals surface area (Å²) in [5.74, 6) is 0. The molecule has 0 saturated heterocycles. The minimum Gasteiger partial charge on any atom is -0.267 e. The summed E-state index contributed by atoms with van der Waals surface area (Å²) in [7, 11) is 0. The number of nitrogens with zero attached hydrogens (tertiary/aromatic N) is 2.